The van der Waals surface area contributed by atoms with Gasteiger partial charge in [-0.2, -0.15) is 0 Å². The maximum absolute atomic E-state index is 13.6. The lowest BCUT2D eigenvalue weighted by molar-refractivity contribution is -0.385. The van der Waals surface area contributed by atoms with E-state index in [1.54, 1.807) is 0 Å². The second kappa shape index (κ2) is 5.49. The number of rotatable bonds is 3. The van der Waals surface area contributed by atoms with E-state index in [4.69, 9.17) is 4.74 Å². The Morgan fingerprint density at radius 2 is 1.65 bits per heavy atom. The maximum atomic E-state index is 13.6. The Bertz CT molecular complexity index is 650. The van der Waals surface area contributed by atoms with Gasteiger partial charge in [0, 0.05) is 10.5 Å². The molecule has 0 aliphatic carbocycles. The number of hydrogen-bond donors (Lipinski definition) is 0. The highest BCUT2D eigenvalue weighted by atomic mass is 79.9. The fourth-order valence-electron chi connectivity index (χ4n) is 1.45. The minimum Gasteiger partial charge on any atom is -0.451 e. The average molecular weight is 348 g/mol. The molecule has 4 nitrogen and oxygen atoms in total. The van der Waals surface area contributed by atoms with Crippen molar-refractivity contribution in [3.05, 3.63) is 62.4 Å². The predicted molar refractivity (Wildman–Crippen MR) is 67.2 cm³/mol. The van der Waals surface area contributed by atoms with Gasteiger partial charge < -0.3 is 4.74 Å². The molecule has 8 heteroatoms. The van der Waals surface area contributed by atoms with E-state index < -0.39 is 33.8 Å². The highest BCUT2D eigenvalue weighted by molar-refractivity contribution is 9.10. The Balaban J connectivity index is 2.41. The van der Waals surface area contributed by atoms with E-state index in [1.165, 1.54) is 6.07 Å². The molecule has 104 valence electrons. The molecule has 2 aromatic rings. The minimum absolute atomic E-state index is 0.150. The van der Waals surface area contributed by atoms with Crippen molar-refractivity contribution < 1.29 is 22.8 Å². The fraction of sp³-hybridized carbons (Fsp3) is 0. The quantitative estimate of drug-likeness (QED) is 0.603. The van der Waals surface area contributed by atoms with Crippen molar-refractivity contribution in [3.63, 3.8) is 0 Å². The van der Waals surface area contributed by atoms with Gasteiger partial charge >= 0.3 is 0 Å². The molecule has 0 aromatic heterocycles. The molecule has 2 rings (SSSR count). The number of benzene rings is 2. The molecule has 0 radical (unpaired) electrons. The molecule has 0 aliphatic heterocycles. The van der Waals surface area contributed by atoms with Crippen molar-refractivity contribution in [1.82, 2.24) is 0 Å². The number of halogens is 4. The fourth-order valence-corrected chi connectivity index (χ4v) is 1.90. The van der Waals surface area contributed by atoms with Crippen molar-refractivity contribution in [1.29, 1.82) is 0 Å². The number of nitro benzene ring substituents is 1. The van der Waals surface area contributed by atoms with Crippen LogP contribution in [0, 0.1) is 27.6 Å². The molecule has 0 saturated carbocycles. The summed E-state index contributed by atoms with van der Waals surface area (Å²) in [4.78, 5) is 9.50. The van der Waals surface area contributed by atoms with Crippen LogP contribution in [0.3, 0.4) is 0 Å². The summed E-state index contributed by atoms with van der Waals surface area (Å²) in [5.74, 6) is -4.16. The number of non-ortho nitro benzene ring substituents is 1. The van der Waals surface area contributed by atoms with Crippen LogP contribution in [0.15, 0.2) is 34.8 Å². The van der Waals surface area contributed by atoms with Gasteiger partial charge in [-0.25, -0.2) is 13.2 Å². The van der Waals surface area contributed by atoms with Crippen LogP contribution in [0.4, 0.5) is 18.9 Å². The summed E-state index contributed by atoms with van der Waals surface area (Å²) in [5, 5.41) is 10.4. The topological polar surface area (TPSA) is 52.4 Å². The lowest BCUT2D eigenvalue weighted by atomic mass is 10.2. The van der Waals surface area contributed by atoms with Crippen LogP contribution in [0.1, 0.15) is 0 Å². The Morgan fingerprint density at radius 3 is 2.15 bits per heavy atom. The highest BCUT2D eigenvalue weighted by Gasteiger charge is 2.19. The lowest BCUT2D eigenvalue weighted by Crippen LogP contribution is -1.96. The smallest absolute Gasteiger partial charge is 0.275 e. The zero-order valence-electron chi connectivity index (χ0n) is 9.57. The summed E-state index contributed by atoms with van der Waals surface area (Å²) in [6, 6.07) is 4.39. The Morgan fingerprint density at radius 1 is 1.05 bits per heavy atom. The van der Waals surface area contributed by atoms with E-state index in [9.17, 15) is 23.3 Å². The second-order valence-corrected chi connectivity index (χ2v) is 4.62. The molecular weight excluding hydrogens is 343 g/mol. The summed E-state index contributed by atoms with van der Waals surface area (Å²) in [5.41, 5.74) is -0.743. The largest absolute Gasteiger partial charge is 0.451 e. The highest BCUT2D eigenvalue weighted by Crippen LogP contribution is 2.32. The van der Waals surface area contributed by atoms with Gasteiger partial charge in [-0.1, -0.05) is 15.9 Å². The van der Waals surface area contributed by atoms with Crippen LogP contribution in [0.2, 0.25) is 0 Å². The van der Waals surface area contributed by atoms with E-state index in [0.717, 1.165) is 12.1 Å². The van der Waals surface area contributed by atoms with E-state index in [0.29, 0.717) is 16.6 Å². The van der Waals surface area contributed by atoms with Crippen molar-refractivity contribution in [3.8, 4) is 11.5 Å². The zero-order chi connectivity index (χ0) is 14.9. The number of ether oxygens (including phenoxy) is 1. The summed E-state index contributed by atoms with van der Waals surface area (Å²) >= 11 is 3.00. The van der Waals surface area contributed by atoms with E-state index in [-0.39, 0.29) is 5.75 Å². The van der Waals surface area contributed by atoms with Crippen LogP contribution in [0.5, 0.6) is 11.5 Å². The minimum atomic E-state index is -1.25. The Hall–Kier alpha value is -2.09. The van der Waals surface area contributed by atoms with Crippen molar-refractivity contribution in [2.24, 2.45) is 0 Å². The zero-order valence-corrected chi connectivity index (χ0v) is 11.2. The van der Waals surface area contributed by atoms with Gasteiger partial charge in [0.15, 0.2) is 17.4 Å². The molecule has 0 heterocycles. The van der Waals surface area contributed by atoms with Gasteiger partial charge in [-0.15, -0.1) is 0 Å². The van der Waals surface area contributed by atoms with E-state index >= 15 is 0 Å². The SMILES string of the molecule is O=[N+]([O-])c1cc(F)c(Oc2cc(F)cc(Br)c2)c(F)c1. The van der Waals surface area contributed by atoms with Gasteiger partial charge in [0.25, 0.3) is 5.69 Å². The molecule has 0 saturated heterocycles. The van der Waals surface area contributed by atoms with Crippen molar-refractivity contribution in [2.45, 2.75) is 0 Å². The summed E-state index contributed by atoms with van der Waals surface area (Å²) in [7, 11) is 0. The van der Waals surface area contributed by atoms with Gasteiger partial charge in [0.1, 0.15) is 11.6 Å². The van der Waals surface area contributed by atoms with Crippen LogP contribution in [-0.2, 0) is 0 Å². The summed E-state index contributed by atoms with van der Waals surface area (Å²) in [6.45, 7) is 0. The third-order valence-electron chi connectivity index (χ3n) is 2.25. The summed E-state index contributed by atoms with van der Waals surface area (Å²) in [6.07, 6.45) is 0. The second-order valence-electron chi connectivity index (χ2n) is 3.70. The normalized spacial score (nSPS) is 10.4. The molecular formula is C12H5BrF3NO3. The summed E-state index contributed by atoms with van der Waals surface area (Å²) < 4.78 is 45.5. The third-order valence-corrected chi connectivity index (χ3v) is 2.71. The monoisotopic (exact) mass is 347 g/mol. The molecule has 0 unspecified atom stereocenters. The van der Waals surface area contributed by atoms with Gasteiger partial charge in [0.05, 0.1) is 17.1 Å². The molecule has 0 spiro atoms. The predicted octanol–water partition coefficient (Wildman–Crippen LogP) is 4.57. The Kier molecular flexibility index (Phi) is 3.93. The third kappa shape index (κ3) is 3.08. The standard InChI is InChI=1S/C12H5BrF3NO3/c13-6-1-7(14)3-9(2-6)20-12-10(15)4-8(17(18)19)5-11(12)16/h1-5H. The molecule has 20 heavy (non-hydrogen) atoms. The Labute approximate surface area is 119 Å². The van der Waals surface area contributed by atoms with Gasteiger partial charge in [-0.05, 0) is 12.1 Å². The first kappa shape index (κ1) is 14.3. The van der Waals surface area contributed by atoms with E-state index in [1.807, 2.05) is 0 Å². The molecule has 2 aromatic carbocycles. The van der Waals surface area contributed by atoms with Crippen LogP contribution >= 0.6 is 15.9 Å². The first-order valence-corrected chi connectivity index (χ1v) is 5.93. The average Bonchev–Trinajstić information content (AvgIpc) is 2.32. The molecule has 0 fully saturated rings. The first-order valence-electron chi connectivity index (χ1n) is 5.14. The molecule has 0 N–H and O–H groups in total. The van der Waals surface area contributed by atoms with Crippen LogP contribution < -0.4 is 4.74 Å². The van der Waals surface area contributed by atoms with Gasteiger partial charge in [0.2, 0.25) is 0 Å². The first-order chi connectivity index (χ1) is 9.36. The number of nitrogens with zero attached hydrogens (tertiary/aromatic N) is 1. The lowest BCUT2D eigenvalue weighted by Gasteiger charge is -2.08. The van der Waals surface area contributed by atoms with Crippen molar-refractivity contribution >= 4 is 21.6 Å². The van der Waals surface area contributed by atoms with Crippen LogP contribution in [0.25, 0.3) is 0 Å². The van der Waals surface area contributed by atoms with E-state index in [2.05, 4.69) is 15.9 Å². The molecule has 0 bridgehead atoms. The van der Waals surface area contributed by atoms with Gasteiger partial charge in [-0.3, -0.25) is 10.1 Å². The van der Waals surface area contributed by atoms with Crippen LogP contribution in [-0.4, -0.2) is 4.92 Å². The molecule has 0 atom stereocenters. The molecule has 0 aliphatic rings. The number of hydrogen-bond acceptors (Lipinski definition) is 3. The number of nitro groups is 1. The molecule has 0 amide bonds. The maximum Gasteiger partial charge on any atom is 0.275 e. The van der Waals surface area contributed by atoms with Crippen molar-refractivity contribution in [2.75, 3.05) is 0 Å².